The predicted molar refractivity (Wildman–Crippen MR) is 149 cm³/mol. The van der Waals surface area contributed by atoms with Crippen LogP contribution in [0.5, 0.6) is 11.5 Å². The summed E-state index contributed by atoms with van der Waals surface area (Å²) < 4.78 is 20.2. The average Bonchev–Trinajstić information content (AvgIpc) is 3.47. The van der Waals surface area contributed by atoms with Gasteiger partial charge in [0.2, 0.25) is 0 Å². The summed E-state index contributed by atoms with van der Waals surface area (Å²) in [5.74, 6) is 1.64. The fourth-order valence-electron chi connectivity index (χ4n) is 3.96. The van der Waals surface area contributed by atoms with Crippen LogP contribution in [0.4, 0.5) is 0 Å². The second-order valence-corrected chi connectivity index (χ2v) is 11.2. The van der Waals surface area contributed by atoms with E-state index in [-0.39, 0.29) is 5.60 Å². The Morgan fingerprint density at radius 2 is 1.49 bits per heavy atom. The van der Waals surface area contributed by atoms with E-state index < -0.39 is 0 Å². The summed E-state index contributed by atoms with van der Waals surface area (Å²) in [6.07, 6.45) is 5.63. The molecule has 3 nitrogen and oxygen atoms in total. The topological polar surface area (TPSA) is 31.0 Å². The van der Waals surface area contributed by atoms with Crippen LogP contribution in [-0.2, 0) is 24.4 Å². The molecular weight excluding hydrogens is 568 g/mol. The third-order valence-electron chi connectivity index (χ3n) is 6.37. The molecule has 0 N–H and O–H groups in total. The third-order valence-corrected chi connectivity index (χ3v) is 7.91. The van der Waals surface area contributed by atoms with Crippen molar-refractivity contribution in [2.75, 3.05) is 0 Å². The van der Waals surface area contributed by atoms with Gasteiger partial charge >= 0.3 is 0 Å². The Hall–Kier alpha value is -2.08. The van der Waals surface area contributed by atoms with Crippen molar-refractivity contribution in [1.29, 1.82) is 0 Å². The molecule has 1 saturated heterocycles. The van der Waals surface area contributed by atoms with Gasteiger partial charge in [-0.1, -0.05) is 86.0 Å². The van der Waals surface area contributed by atoms with Crippen LogP contribution in [0, 0.1) is 0 Å². The van der Waals surface area contributed by atoms with E-state index in [0.717, 1.165) is 56.4 Å². The highest BCUT2D eigenvalue weighted by atomic mass is 79.9. The van der Waals surface area contributed by atoms with E-state index in [1.165, 1.54) is 5.57 Å². The minimum Gasteiger partial charge on any atom is -0.489 e. The van der Waals surface area contributed by atoms with Gasteiger partial charge in [-0.3, -0.25) is 0 Å². The van der Waals surface area contributed by atoms with Crippen LogP contribution in [-0.4, -0.2) is 11.7 Å². The summed E-state index contributed by atoms with van der Waals surface area (Å²) in [7, 11) is 0. The van der Waals surface area contributed by atoms with Crippen molar-refractivity contribution in [1.82, 2.24) is 0 Å². The highest BCUT2D eigenvalue weighted by Gasteiger charge is 2.46. The Kier molecular flexibility index (Phi) is 8.74. The lowest BCUT2D eigenvalue weighted by atomic mass is 10.0. The Morgan fingerprint density at radius 3 is 2.09 bits per heavy atom. The summed E-state index contributed by atoms with van der Waals surface area (Å²) in [4.78, 5) is 0. The Bertz CT molecular complexity index is 1190. The molecule has 0 bridgehead atoms. The monoisotopic (exact) mass is 598 g/mol. The summed E-state index contributed by atoms with van der Waals surface area (Å²) in [5.41, 5.74) is 4.79. The molecule has 35 heavy (non-hydrogen) atoms. The molecule has 1 fully saturated rings. The van der Waals surface area contributed by atoms with Crippen LogP contribution in [0.25, 0.3) is 0 Å². The summed E-state index contributed by atoms with van der Waals surface area (Å²) >= 11 is 7.22. The first kappa shape index (κ1) is 26.0. The maximum Gasteiger partial charge on any atom is 0.127 e. The number of hydrogen-bond acceptors (Lipinski definition) is 3. The van der Waals surface area contributed by atoms with E-state index in [1.807, 2.05) is 48.5 Å². The van der Waals surface area contributed by atoms with Gasteiger partial charge in [-0.05, 0) is 63.8 Å². The van der Waals surface area contributed by atoms with Gasteiger partial charge in [0, 0.05) is 26.1 Å². The van der Waals surface area contributed by atoms with Gasteiger partial charge in [-0.15, -0.1) is 0 Å². The number of hydrogen-bond donors (Lipinski definition) is 0. The molecule has 0 unspecified atom stereocenters. The smallest absolute Gasteiger partial charge is 0.127 e. The van der Waals surface area contributed by atoms with Crippen LogP contribution >= 0.6 is 31.9 Å². The van der Waals surface area contributed by atoms with E-state index >= 15 is 0 Å². The lowest BCUT2D eigenvalue weighted by Gasteiger charge is -2.15. The Labute approximate surface area is 225 Å². The largest absolute Gasteiger partial charge is 0.489 e. The fourth-order valence-corrected chi connectivity index (χ4v) is 4.76. The van der Waals surface area contributed by atoms with E-state index in [4.69, 9.17) is 14.2 Å². The molecule has 1 aliphatic rings. The van der Waals surface area contributed by atoms with Gasteiger partial charge < -0.3 is 14.2 Å². The summed E-state index contributed by atoms with van der Waals surface area (Å²) in [6.45, 7) is 7.49. The second kappa shape index (κ2) is 11.8. The normalized spacial score (nSPS) is 16.7. The molecule has 3 aromatic rings. The molecule has 0 spiro atoms. The molecule has 4 rings (SSSR count). The first-order valence-corrected chi connectivity index (χ1v) is 13.6. The zero-order valence-electron chi connectivity index (χ0n) is 20.5. The predicted octanol–water partition coefficient (Wildman–Crippen LogP) is 8.82. The zero-order valence-corrected chi connectivity index (χ0v) is 23.7. The highest BCUT2D eigenvalue weighted by Crippen LogP contribution is 2.39. The first-order valence-electron chi connectivity index (χ1n) is 12.0. The van der Waals surface area contributed by atoms with Gasteiger partial charge in [0.25, 0.3) is 0 Å². The molecule has 5 heteroatoms. The number of epoxide rings is 1. The van der Waals surface area contributed by atoms with Gasteiger partial charge in [-0.25, -0.2) is 0 Å². The van der Waals surface area contributed by atoms with Crippen molar-refractivity contribution in [2.24, 2.45) is 0 Å². The maximum atomic E-state index is 6.32. The Balaban J connectivity index is 1.46. The lowest BCUT2D eigenvalue weighted by Crippen LogP contribution is -2.03. The van der Waals surface area contributed by atoms with Gasteiger partial charge in [0.1, 0.15) is 24.7 Å². The summed E-state index contributed by atoms with van der Waals surface area (Å²) in [6, 6.07) is 22.4. The minimum atomic E-state index is 0.0537. The lowest BCUT2D eigenvalue weighted by molar-refractivity contribution is 0.287. The van der Waals surface area contributed by atoms with Crippen LogP contribution in [0.15, 0.2) is 87.3 Å². The molecule has 1 aliphatic heterocycles. The van der Waals surface area contributed by atoms with Crippen molar-refractivity contribution in [3.05, 3.63) is 104 Å². The van der Waals surface area contributed by atoms with Crippen LogP contribution in [0.2, 0.25) is 0 Å². The quantitative estimate of drug-likeness (QED) is 0.163. The third kappa shape index (κ3) is 7.45. The van der Waals surface area contributed by atoms with E-state index in [2.05, 4.69) is 76.9 Å². The zero-order chi connectivity index (χ0) is 24.8. The fraction of sp³-hybridized carbons (Fsp3) is 0.333. The molecule has 1 heterocycles. The van der Waals surface area contributed by atoms with Crippen molar-refractivity contribution >= 4 is 31.9 Å². The minimum absolute atomic E-state index is 0.0537. The van der Waals surface area contributed by atoms with Gasteiger partial charge in [0.15, 0.2) is 0 Å². The number of benzene rings is 3. The van der Waals surface area contributed by atoms with Crippen molar-refractivity contribution in [2.45, 2.75) is 65.0 Å². The average molecular weight is 600 g/mol. The molecule has 0 aliphatic carbocycles. The van der Waals surface area contributed by atoms with Crippen LogP contribution < -0.4 is 9.47 Å². The standard InChI is InChI=1S/C30H32Br2O3/c1-21(13-17-29-30(2,3)35-29)12-14-22-15-16-25(33-19-23-8-4-6-10-26(23)31)18-28(22)34-20-24-9-5-7-11-27(24)32/h4-12,15-16,18,29H,13-14,17,19-20H2,1-3H3/t29-/m1/s1. The number of ether oxygens (including phenoxy) is 3. The summed E-state index contributed by atoms with van der Waals surface area (Å²) in [5, 5.41) is 0. The maximum absolute atomic E-state index is 6.32. The molecular formula is C30H32Br2O3. The van der Waals surface area contributed by atoms with E-state index in [1.54, 1.807) is 0 Å². The molecule has 0 aromatic heterocycles. The SMILES string of the molecule is CC(=CCc1ccc(OCc2ccccc2Br)cc1OCc1ccccc1Br)CC[C@H]1OC1(C)C. The molecule has 3 aromatic carbocycles. The van der Waals surface area contributed by atoms with Crippen LogP contribution in [0.3, 0.4) is 0 Å². The molecule has 0 amide bonds. The number of halogens is 2. The highest BCUT2D eigenvalue weighted by molar-refractivity contribution is 9.10. The molecule has 0 saturated carbocycles. The number of allylic oxidation sites excluding steroid dienone is 2. The van der Waals surface area contributed by atoms with E-state index in [9.17, 15) is 0 Å². The van der Waals surface area contributed by atoms with Crippen molar-refractivity contribution < 1.29 is 14.2 Å². The first-order chi connectivity index (χ1) is 16.8. The molecule has 0 radical (unpaired) electrons. The Morgan fingerprint density at radius 1 is 0.886 bits per heavy atom. The van der Waals surface area contributed by atoms with Gasteiger partial charge in [0.05, 0.1) is 11.7 Å². The van der Waals surface area contributed by atoms with Crippen LogP contribution in [0.1, 0.15) is 50.3 Å². The van der Waals surface area contributed by atoms with Gasteiger partial charge in [-0.2, -0.15) is 0 Å². The van der Waals surface area contributed by atoms with Crippen molar-refractivity contribution in [3.63, 3.8) is 0 Å². The number of rotatable bonds is 11. The second-order valence-electron chi connectivity index (χ2n) is 9.53. The van der Waals surface area contributed by atoms with E-state index in [0.29, 0.717) is 19.3 Å². The van der Waals surface area contributed by atoms with Crippen molar-refractivity contribution in [3.8, 4) is 11.5 Å². The molecule has 1 atom stereocenters. The molecule has 184 valence electrons.